The number of nitrogens with one attached hydrogen (secondary N) is 2. The first-order valence-corrected chi connectivity index (χ1v) is 6.62. The molecule has 0 unspecified atom stereocenters. The van der Waals surface area contributed by atoms with Crippen LogP contribution in [0.2, 0.25) is 5.02 Å². The van der Waals surface area contributed by atoms with E-state index < -0.39 is 23.4 Å². The fourth-order valence-electron chi connectivity index (χ4n) is 1.70. The fourth-order valence-corrected chi connectivity index (χ4v) is 1.89. The molecule has 0 bridgehead atoms. The number of carbonyl (C=O) groups is 2. The standard InChI is InChI=1S/C15H11ClF2N2O2/c16-9-2-1-3-11(6-9)20-14(21)8-19-15(22)12-5-4-10(17)7-13(12)18/h1-7H,8H2,(H,19,22)(H,20,21). The number of hydrogen-bond acceptors (Lipinski definition) is 2. The van der Waals surface area contributed by atoms with Crippen molar-refractivity contribution < 1.29 is 18.4 Å². The molecule has 0 aliphatic rings. The van der Waals surface area contributed by atoms with Gasteiger partial charge in [0.05, 0.1) is 12.1 Å². The van der Waals surface area contributed by atoms with Gasteiger partial charge in [-0.3, -0.25) is 9.59 Å². The zero-order valence-electron chi connectivity index (χ0n) is 11.2. The lowest BCUT2D eigenvalue weighted by atomic mass is 10.2. The second-order valence-corrected chi connectivity index (χ2v) is 4.80. The molecule has 0 aliphatic carbocycles. The molecule has 0 saturated heterocycles. The molecule has 22 heavy (non-hydrogen) atoms. The van der Waals surface area contributed by atoms with Crippen LogP contribution >= 0.6 is 11.6 Å². The lowest BCUT2D eigenvalue weighted by Crippen LogP contribution is -2.33. The predicted octanol–water partition coefficient (Wildman–Crippen LogP) is 2.99. The molecule has 2 rings (SSSR count). The van der Waals surface area contributed by atoms with E-state index in [1.165, 1.54) is 0 Å². The molecule has 0 aliphatic heterocycles. The van der Waals surface area contributed by atoms with E-state index in [1.54, 1.807) is 24.3 Å². The average Bonchev–Trinajstić information content (AvgIpc) is 2.45. The maximum Gasteiger partial charge on any atom is 0.254 e. The molecule has 2 amide bonds. The Morgan fingerprint density at radius 2 is 1.86 bits per heavy atom. The highest BCUT2D eigenvalue weighted by Crippen LogP contribution is 2.14. The molecule has 7 heteroatoms. The lowest BCUT2D eigenvalue weighted by molar-refractivity contribution is -0.115. The van der Waals surface area contributed by atoms with Gasteiger partial charge >= 0.3 is 0 Å². The fraction of sp³-hybridized carbons (Fsp3) is 0.0667. The van der Waals surface area contributed by atoms with Gasteiger partial charge < -0.3 is 10.6 Å². The van der Waals surface area contributed by atoms with E-state index in [-0.39, 0.29) is 12.1 Å². The van der Waals surface area contributed by atoms with Crippen LogP contribution in [0, 0.1) is 11.6 Å². The predicted molar refractivity (Wildman–Crippen MR) is 78.8 cm³/mol. The summed E-state index contributed by atoms with van der Waals surface area (Å²) in [5, 5.41) is 5.22. The Kier molecular flexibility index (Phi) is 5.06. The molecule has 0 atom stereocenters. The monoisotopic (exact) mass is 324 g/mol. The Morgan fingerprint density at radius 1 is 1.09 bits per heavy atom. The maximum absolute atomic E-state index is 13.4. The third-order valence-electron chi connectivity index (χ3n) is 2.69. The van der Waals surface area contributed by atoms with Crippen molar-refractivity contribution in [1.82, 2.24) is 5.32 Å². The SMILES string of the molecule is O=C(CNC(=O)c1ccc(F)cc1F)Nc1cccc(Cl)c1. The Labute approximate surface area is 130 Å². The molecule has 0 heterocycles. The molecule has 0 aromatic heterocycles. The lowest BCUT2D eigenvalue weighted by Gasteiger charge is -2.08. The van der Waals surface area contributed by atoms with Gasteiger partial charge in [-0.2, -0.15) is 0 Å². The van der Waals surface area contributed by atoms with E-state index in [9.17, 15) is 18.4 Å². The van der Waals surface area contributed by atoms with Gasteiger partial charge in [0.15, 0.2) is 0 Å². The van der Waals surface area contributed by atoms with E-state index in [0.717, 1.165) is 12.1 Å². The van der Waals surface area contributed by atoms with Gasteiger partial charge in [-0.15, -0.1) is 0 Å². The molecular weight excluding hydrogens is 314 g/mol. The van der Waals surface area contributed by atoms with Crippen LogP contribution in [0.25, 0.3) is 0 Å². The van der Waals surface area contributed by atoms with E-state index in [2.05, 4.69) is 10.6 Å². The number of amides is 2. The zero-order valence-corrected chi connectivity index (χ0v) is 12.0. The highest BCUT2D eigenvalue weighted by Gasteiger charge is 2.13. The second kappa shape index (κ2) is 7.00. The summed E-state index contributed by atoms with van der Waals surface area (Å²) >= 11 is 5.77. The minimum atomic E-state index is -0.993. The van der Waals surface area contributed by atoms with Gasteiger partial charge in [-0.05, 0) is 30.3 Å². The molecule has 0 spiro atoms. The quantitative estimate of drug-likeness (QED) is 0.908. The summed E-state index contributed by atoms with van der Waals surface area (Å²) in [5.74, 6) is -3.09. The van der Waals surface area contributed by atoms with Crippen molar-refractivity contribution in [3.05, 3.63) is 64.7 Å². The van der Waals surface area contributed by atoms with E-state index >= 15 is 0 Å². The Balaban J connectivity index is 1.92. The van der Waals surface area contributed by atoms with Crippen molar-refractivity contribution in [2.24, 2.45) is 0 Å². The highest BCUT2D eigenvalue weighted by molar-refractivity contribution is 6.30. The third-order valence-corrected chi connectivity index (χ3v) is 2.93. The van der Waals surface area contributed by atoms with Gasteiger partial charge in [-0.25, -0.2) is 8.78 Å². The molecular formula is C15H11ClF2N2O2. The Bertz CT molecular complexity index is 722. The first-order chi connectivity index (χ1) is 10.5. The molecule has 4 nitrogen and oxygen atoms in total. The van der Waals surface area contributed by atoms with Gasteiger partial charge in [0.25, 0.3) is 5.91 Å². The minimum Gasteiger partial charge on any atom is -0.343 e. The normalized spacial score (nSPS) is 10.1. The van der Waals surface area contributed by atoms with Gasteiger partial charge in [0.1, 0.15) is 11.6 Å². The first kappa shape index (κ1) is 15.9. The summed E-state index contributed by atoms with van der Waals surface area (Å²) in [5.41, 5.74) is 0.136. The summed E-state index contributed by atoms with van der Waals surface area (Å²) < 4.78 is 26.2. The summed E-state index contributed by atoms with van der Waals surface area (Å²) in [6.45, 7) is -0.359. The zero-order chi connectivity index (χ0) is 16.1. The molecule has 2 aromatic carbocycles. The largest absolute Gasteiger partial charge is 0.343 e. The van der Waals surface area contributed by atoms with Crippen molar-refractivity contribution in [3.63, 3.8) is 0 Å². The summed E-state index contributed by atoms with van der Waals surface area (Å²) in [6, 6.07) is 9.05. The Hall–Kier alpha value is -2.47. The first-order valence-electron chi connectivity index (χ1n) is 6.24. The molecule has 114 valence electrons. The molecule has 2 aromatic rings. The van der Waals surface area contributed by atoms with Crippen molar-refractivity contribution in [3.8, 4) is 0 Å². The van der Waals surface area contributed by atoms with Crippen molar-refractivity contribution >= 4 is 29.1 Å². The minimum absolute atomic E-state index is 0.336. The molecule has 2 N–H and O–H groups in total. The van der Waals surface area contributed by atoms with Crippen LogP contribution in [0.1, 0.15) is 10.4 Å². The number of anilines is 1. The maximum atomic E-state index is 13.4. The molecule has 0 radical (unpaired) electrons. The highest BCUT2D eigenvalue weighted by atomic mass is 35.5. The third kappa shape index (κ3) is 4.26. The second-order valence-electron chi connectivity index (χ2n) is 4.37. The molecule has 0 fully saturated rings. The van der Waals surface area contributed by atoms with Gasteiger partial charge in [0.2, 0.25) is 5.91 Å². The molecule has 0 saturated carbocycles. The van der Waals surface area contributed by atoms with Gasteiger partial charge in [-0.1, -0.05) is 17.7 Å². The van der Waals surface area contributed by atoms with Crippen molar-refractivity contribution in [1.29, 1.82) is 0 Å². The van der Waals surface area contributed by atoms with Crippen LogP contribution in [0.4, 0.5) is 14.5 Å². The summed E-state index contributed by atoms with van der Waals surface area (Å²) in [6.07, 6.45) is 0. The van der Waals surface area contributed by atoms with E-state index in [4.69, 9.17) is 11.6 Å². The van der Waals surface area contributed by atoms with Crippen LogP contribution in [0.15, 0.2) is 42.5 Å². The van der Waals surface area contributed by atoms with Crippen LogP contribution in [0.3, 0.4) is 0 Å². The van der Waals surface area contributed by atoms with Crippen LogP contribution in [-0.4, -0.2) is 18.4 Å². The smallest absolute Gasteiger partial charge is 0.254 e. The number of halogens is 3. The Morgan fingerprint density at radius 3 is 2.55 bits per heavy atom. The van der Waals surface area contributed by atoms with Crippen molar-refractivity contribution in [2.75, 3.05) is 11.9 Å². The van der Waals surface area contributed by atoms with Crippen molar-refractivity contribution in [2.45, 2.75) is 0 Å². The number of carbonyl (C=O) groups excluding carboxylic acids is 2. The van der Waals surface area contributed by atoms with E-state index in [1.807, 2.05) is 0 Å². The van der Waals surface area contributed by atoms with Gasteiger partial charge in [0, 0.05) is 16.8 Å². The number of rotatable bonds is 4. The van der Waals surface area contributed by atoms with E-state index in [0.29, 0.717) is 16.8 Å². The number of benzene rings is 2. The summed E-state index contributed by atoms with van der Waals surface area (Å²) in [4.78, 5) is 23.4. The number of hydrogen-bond donors (Lipinski definition) is 2. The van der Waals surface area contributed by atoms with Crippen LogP contribution < -0.4 is 10.6 Å². The van der Waals surface area contributed by atoms with Crippen LogP contribution in [0.5, 0.6) is 0 Å². The topological polar surface area (TPSA) is 58.2 Å². The summed E-state index contributed by atoms with van der Waals surface area (Å²) in [7, 11) is 0. The van der Waals surface area contributed by atoms with Crippen LogP contribution in [-0.2, 0) is 4.79 Å². The average molecular weight is 325 g/mol.